The van der Waals surface area contributed by atoms with Crippen molar-refractivity contribution in [1.29, 1.82) is 0 Å². The highest BCUT2D eigenvalue weighted by Crippen LogP contribution is 2.41. The fraction of sp³-hybridized carbons (Fsp3) is 0.308. The molecule has 1 aliphatic rings. The third kappa shape index (κ3) is 3.93. The van der Waals surface area contributed by atoms with Crippen LogP contribution in [0.2, 0.25) is 0 Å². The summed E-state index contributed by atoms with van der Waals surface area (Å²) >= 11 is 0. The molecule has 0 saturated heterocycles. The van der Waals surface area contributed by atoms with Crippen LogP contribution in [0.1, 0.15) is 56.6 Å². The summed E-state index contributed by atoms with van der Waals surface area (Å²) in [5.41, 5.74) is 3.82. The lowest BCUT2D eigenvalue weighted by Crippen LogP contribution is -2.19. The molecule has 0 radical (unpaired) electrons. The monoisotopic (exact) mass is 356 g/mol. The van der Waals surface area contributed by atoms with Gasteiger partial charge in [0.15, 0.2) is 0 Å². The van der Waals surface area contributed by atoms with Crippen LogP contribution in [0.4, 0.5) is 0 Å². The third-order valence-corrected chi connectivity index (χ3v) is 5.47. The smallest absolute Gasteiger partial charge is 0.128 e. The maximum atomic E-state index is 6.42. The normalized spacial score (nSPS) is 15.9. The van der Waals surface area contributed by atoms with Crippen molar-refractivity contribution < 1.29 is 4.74 Å². The first-order valence-corrected chi connectivity index (χ1v) is 10.3. The summed E-state index contributed by atoms with van der Waals surface area (Å²) in [6.07, 6.45) is 10.1. The fourth-order valence-corrected chi connectivity index (χ4v) is 4.04. The van der Waals surface area contributed by atoms with Crippen molar-refractivity contribution in [3.63, 3.8) is 0 Å². The molecule has 27 heavy (non-hydrogen) atoms. The van der Waals surface area contributed by atoms with Gasteiger partial charge in [0.2, 0.25) is 0 Å². The number of rotatable bonds is 7. The van der Waals surface area contributed by atoms with Gasteiger partial charge in [-0.2, -0.15) is 0 Å². The molecule has 0 amide bonds. The summed E-state index contributed by atoms with van der Waals surface area (Å²) in [6, 6.07) is 23.7. The molecular formula is C26H28O. The Labute approximate surface area is 162 Å². The van der Waals surface area contributed by atoms with Gasteiger partial charge in [0.1, 0.15) is 11.9 Å². The molecule has 1 nitrogen and oxygen atoms in total. The minimum absolute atomic E-state index is 0.162. The third-order valence-electron chi connectivity index (χ3n) is 5.47. The zero-order valence-corrected chi connectivity index (χ0v) is 16.2. The van der Waals surface area contributed by atoms with E-state index in [0.717, 1.165) is 12.2 Å². The van der Waals surface area contributed by atoms with Crippen molar-refractivity contribution in [3.05, 3.63) is 83.9 Å². The van der Waals surface area contributed by atoms with Crippen LogP contribution >= 0.6 is 0 Å². The fourth-order valence-electron chi connectivity index (χ4n) is 4.04. The van der Waals surface area contributed by atoms with Gasteiger partial charge in [0, 0.05) is 5.56 Å². The average Bonchev–Trinajstić information content (AvgIpc) is 2.73. The van der Waals surface area contributed by atoms with Crippen LogP contribution in [0.15, 0.2) is 72.8 Å². The molecule has 3 aromatic carbocycles. The van der Waals surface area contributed by atoms with E-state index < -0.39 is 0 Å². The van der Waals surface area contributed by atoms with Crippen LogP contribution in [-0.4, -0.2) is 6.10 Å². The minimum atomic E-state index is 0.162. The predicted molar refractivity (Wildman–Crippen MR) is 115 cm³/mol. The maximum Gasteiger partial charge on any atom is 0.128 e. The van der Waals surface area contributed by atoms with E-state index in [1.807, 2.05) is 0 Å². The lowest BCUT2D eigenvalue weighted by Gasteiger charge is -2.27. The summed E-state index contributed by atoms with van der Waals surface area (Å²) in [6.45, 7) is 2.26. The Morgan fingerprint density at radius 1 is 0.778 bits per heavy atom. The van der Waals surface area contributed by atoms with Gasteiger partial charge in [0.05, 0.1) is 0 Å². The Morgan fingerprint density at radius 3 is 2.41 bits per heavy atom. The second-order valence-corrected chi connectivity index (χ2v) is 7.47. The highest BCUT2D eigenvalue weighted by Gasteiger charge is 2.23. The number of ether oxygens (including phenoxy) is 1. The number of unbranched alkanes of at least 4 members (excludes halogenated alkanes) is 4. The first-order valence-electron chi connectivity index (χ1n) is 10.3. The van der Waals surface area contributed by atoms with Crippen LogP contribution in [0.5, 0.6) is 5.75 Å². The molecular weight excluding hydrogens is 328 g/mol. The van der Waals surface area contributed by atoms with Crippen molar-refractivity contribution in [2.45, 2.75) is 51.6 Å². The highest BCUT2D eigenvalue weighted by molar-refractivity contribution is 6.00. The zero-order chi connectivity index (χ0) is 18.5. The molecule has 1 atom stereocenters. The predicted octanol–water partition coefficient (Wildman–Crippen LogP) is 7.39. The lowest BCUT2D eigenvalue weighted by atomic mass is 9.89. The molecule has 1 heterocycles. The van der Waals surface area contributed by atoms with Crippen LogP contribution in [0, 0.1) is 0 Å². The summed E-state index contributed by atoms with van der Waals surface area (Å²) in [5, 5.41) is 2.53. The average molecular weight is 357 g/mol. The Hall–Kier alpha value is -2.54. The van der Waals surface area contributed by atoms with Crippen molar-refractivity contribution in [3.8, 4) is 5.75 Å². The van der Waals surface area contributed by atoms with Gasteiger partial charge in [-0.1, -0.05) is 93.3 Å². The molecule has 4 rings (SSSR count). The summed E-state index contributed by atoms with van der Waals surface area (Å²) in [4.78, 5) is 0. The van der Waals surface area contributed by atoms with Gasteiger partial charge < -0.3 is 4.74 Å². The number of fused-ring (bicyclic) bond motifs is 3. The SMILES string of the molecule is CCCCCCCC1C=C(c2ccccc2)c2c(ccc3ccccc23)O1. The van der Waals surface area contributed by atoms with Gasteiger partial charge in [0.25, 0.3) is 0 Å². The molecule has 1 unspecified atom stereocenters. The Kier molecular flexibility index (Phi) is 5.58. The number of hydrogen-bond acceptors (Lipinski definition) is 1. The van der Waals surface area contributed by atoms with E-state index in [4.69, 9.17) is 4.74 Å². The van der Waals surface area contributed by atoms with E-state index in [1.54, 1.807) is 0 Å². The van der Waals surface area contributed by atoms with Crippen LogP contribution in [-0.2, 0) is 0 Å². The van der Waals surface area contributed by atoms with Crippen LogP contribution in [0.3, 0.4) is 0 Å². The first-order chi connectivity index (χ1) is 13.4. The molecule has 0 fully saturated rings. The molecule has 138 valence electrons. The van der Waals surface area contributed by atoms with E-state index in [2.05, 4.69) is 79.7 Å². The van der Waals surface area contributed by atoms with Crippen molar-refractivity contribution in [2.24, 2.45) is 0 Å². The molecule has 1 heteroatoms. The summed E-state index contributed by atoms with van der Waals surface area (Å²) in [7, 11) is 0. The summed E-state index contributed by atoms with van der Waals surface area (Å²) in [5.74, 6) is 1.02. The van der Waals surface area contributed by atoms with E-state index >= 15 is 0 Å². The van der Waals surface area contributed by atoms with Gasteiger partial charge in [-0.15, -0.1) is 0 Å². The van der Waals surface area contributed by atoms with E-state index in [9.17, 15) is 0 Å². The standard InChI is InChI=1S/C26H28O/c1-2-3-4-5-9-15-22-19-24(20-12-7-6-8-13-20)26-23-16-11-10-14-21(23)17-18-25(26)27-22/h6-8,10-14,16-19,22H,2-5,9,15H2,1H3. The molecule has 0 aliphatic carbocycles. The maximum absolute atomic E-state index is 6.42. The second kappa shape index (κ2) is 8.43. The number of hydrogen-bond donors (Lipinski definition) is 0. The molecule has 0 N–H and O–H groups in total. The molecule has 3 aromatic rings. The second-order valence-electron chi connectivity index (χ2n) is 7.47. The Balaban J connectivity index is 1.69. The highest BCUT2D eigenvalue weighted by atomic mass is 16.5. The number of benzene rings is 3. The van der Waals surface area contributed by atoms with Crippen molar-refractivity contribution >= 4 is 16.3 Å². The van der Waals surface area contributed by atoms with E-state index in [-0.39, 0.29) is 6.10 Å². The van der Waals surface area contributed by atoms with Crippen LogP contribution < -0.4 is 4.74 Å². The van der Waals surface area contributed by atoms with Gasteiger partial charge in [-0.25, -0.2) is 0 Å². The van der Waals surface area contributed by atoms with E-state index in [0.29, 0.717) is 0 Å². The first kappa shape index (κ1) is 17.9. The molecule has 0 bridgehead atoms. The van der Waals surface area contributed by atoms with Gasteiger partial charge >= 0.3 is 0 Å². The molecule has 0 saturated carbocycles. The lowest BCUT2D eigenvalue weighted by molar-refractivity contribution is 0.229. The Bertz CT molecular complexity index is 923. The quantitative estimate of drug-likeness (QED) is 0.401. The largest absolute Gasteiger partial charge is 0.486 e. The zero-order valence-electron chi connectivity index (χ0n) is 16.2. The van der Waals surface area contributed by atoms with Crippen LogP contribution in [0.25, 0.3) is 16.3 Å². The van der Waals surface area contributed by atoms with Crippen molar-refractivity contribution in [2.75, 3.05) is 0 Å². The minimum Gasteiger partial charge on any atom is -0.486 e. The molecule has 0 spiro atoms. The van der Waals surface area contributed by atoms with Gasteiger partial charge in [-0.05, 0) is 46.9 Å². The topological polar surface area (TPSA) is 9.23 Å². The van der Waals surface area contributed by atoms with Gasteiger partial charge in [-0.3, -0.25) is 0 Å². The molecule has 0 aromatic heterocycles. The van der Waals surface area contributed by atoms with Crippen molar-refractivity contribution in [1.82, 2.24) is 0 Å². The van der Waals surface area contributed by atoms with E-state index in [1.165, 1.54) is 59.6 Å². The Morgan fingerprint density at radius 2 is 1.56 bits per heavy atom. The summed E-state index contributed by atoms with van der Waals surface area (Å²) < 4.78 is 6.42. The molecule has 1 aliphatic heterocycles.